The first-order valence-electron chi connectivity index (χ1n) is 6.36. The number of Topliss-reactive ketones (excluding diaryl/α,β-unsaturated/α-hetero) is 1. The maximum Gasteiger partial charge on any atom is 0.230 e. The molecule has 1 saturated heterocycles. The third-order valence-electron chi connectivity index (χ3n) is 3.44. The van der Waals surface area contributed by atoms with Crippen LogP contribution in [0.25, 0.3) is 10.9 Å². The fraction of sp³-hybridized carbons (Fsp3) is 0.267. The van der Waals surface area contributed by atoms with Crippen molar-refractivity contribution in [3.8, 4) is 0 Å². The third-order valence-corrected chi connectivity index (χ3v) is 3.44. The number of ketones is 1. The summed E-state index contributed by atoms with van der Waals surface area (Å²) in [5, 5.41) is 1.07. The lowest BCUT2D eigenvalue weighted by Crippen LogP contribution is -2.38. The van der Waals surface area contributed by atoms with Crippen LogP contribution in [-0.2, 0) is 16.1 Å². The topological polar surface area (TPSA) is 50.3 Å². The number of hydrogen-bond acceptors (Lipinski definition) is 3. The first kappa shape index (κ1) is 11.8. The van der Waals surface area contributed by atoms with E-state index in [2.05, 4.69) is 4.98 Å². The van der Waals surface area contributed by atoms with E-state index < -0.39 is 0 Å². The number of fused-ring (bicyclic) bond motifs is 1. The van der Waals surface area contributed by atoms with Gasteiger partial charge in [-0.1, -0.05) is 24.3 Å². The van der Waals surface area contributed by atoms with Crippen LogP contribution >= 0.6 is 0 Å². The molecule has 4 heteroatoms. The highest BCUT2D eigenvalue weighted by atomic mass is 16.2. The van der Waals surface area contributed by atoms with Crippen molar-refractivity contribution in [2.24, 2.45) is 0 Å². The zero-order valence-corrected chi connectivity index (χ0v) is 10.5. The summed E-state index contributed by atoms with van der Waals surface area (Å²) in [6.07, 6.45) is 2.26. The van der Waals surface area contributed by atoms with Crippen molar-refractivity contribution in [1.29, 1.82) is 0 Å². The number of likely N-dealkylation sites (tertiary alicyclic amines) is 1. The van der Waals surface area contributed by atoms with Crippen molar-refractivity contribution < 1.29 is 9.59 Å². The van der Waals surface area contributed by atoms with Gasteiger partial charge in [-0.05, 0) is 11.6 Å². The first-order chi connectivity index (χ1) is 9.24. The average Bonchev–Trinajstić information content (AvgIpc) is 2.42. The Hall–Kier alpha value is -2.23. The maximum absolute atomic E-state index is 11.8. The zero-order valence-electron chi connectivity index (χ0n) is 10.5. The van der Waals surface area contributed by atoms with Gasteiger partial charge in [-0.25, -0.2) is 0 Å². The van der Waals surface area contributed by atoms with E-state index in [0.29, 0.717) is 19.5 Å². The van der Waals surface area contributed by atoms with Crippen LogP contribution in [0.4, 0.5) is 0 Å². The second-order valence-corrected chi connectivity index (χ2v) is 4.77. The SMILES string of the molecule is O=C1CCN(Cc2cccc3cccnc23)C(=O)C1. The van der Waals surface area contributed by atoms with Gasteiger partial charge in [0.15, 0.2) is 0 Å². The van der Waals surface area contributed by atoms with Gasteiger partial charge in [-0.2, -0.15) is 0 Å². The van der Waals surface area contributed by atoms with E-state index in [4.69, 9.17) is 0 Å². The summed E-state index contributed by atoms with van der Waals surface area (Å²) >= 11 is 0. The molecular weight excluding hydrogens is 240 g/mol. The van der Waals surface area contributed by atoms with Crippen molar-refractivity contribution in [1.82, 2.24) is 9.88 Å². The molecular formula is C15H14N2O2. The van der Waals surface area contributed by atoms with Gasteiger partial charge >= 0.3 is 0 Å². The fourth-order valence-corrected chi connectivity index (χ4v) is 2.42. The van der Waals surface area contributed by atoms with Gasteiger partial charge in [-0.3, -0.25) is 14.6 Å². The molecule has 1 aliphatic rings. The quantitative estimate of drug-likeness (QED) is 0.769. The number of para-hydroxylation sites is 1. The lowest BCUT2D eigenvalue weighted by molar-refractivity contribution is -0.139. The number of amides is 1. The molecule has 3 rings (SSSR count). The van der Waals surface area contributed by atoms with E-state index >= 15 is 0 Å². The van der Waals surface area contributed by atoms with Gasteiger partial charge in [0.1, 0.15) is 5.78 Å². The normalized spacial score (nSPS) is 16.1. The van der Waals surface area contributed by atoms with Gasteiger partial charge in [0.25, 0.3) is 0 Å². The first-order valence-corrected chi connectivity index (χ1v) is 6.36. The second kappa shape index (κ2) is 4.80. The summed E-state index contributed by atoms with van der Waals surface area (Å²) in [7, 11) is 0. The minimum Gasteiger partial charge on any atom is -0.337 e. The fourth-order valence-electron chi connectivity index (χ4n) is 2.42. The van der Waals surface area contributed by atoms with E-state index in [1.807, 2.05) is 30.3 Å². The number of aromatic nitrogens is 1. The van der Waals surface area contributed by atoms with E-state index in [0.717, 1.165) is 16.5 Å². The minimum atomic E-state index is -0.0795. The van der Waals surface area contributed by atoms with Gasteiger partial charge in [0.05, 0.1) is 11.9 Å². The summed E-state index contributed by atoms with van der Waals surface area (Å²) in [5.41, 5.74) is 1.95. The molecule has 0 saturated carbocycles. The highest BCUT2D eigenvalue weighted by Gasteiger charge is 2.24. The molecule has 1 aliphatic heterocycles. The molecule has 0 unspecified atom stereocenters. The van der Waals surface area contributed by atoms with Gasteiger partial charge < -0.3 is 4.90 Å². The average molecular weight is 254 g/mol. The van der Waals surface area contributed by atoms with Crippen LogP contribution in [0, 0.1) is 0 Å². The molecule has 0 bridgehead atoms. The minimum absolute atomic E-state index is 0.0392. The van der Waals surface area contributed by atoms with Gasteiger partial charge in [-0.15, -0.1) is 0 Å². The predicted molar refractivity (Wildman–Crippen MR) is 71.4 cm³/mol. The lowest BCUT2D eigenvalue weighted by atomic mass is 10.1. The Morgan fingerprint density at radius 2 is 2.00 bits per heavy atom. The monoisotopic (exact) mass is 254 g/mol. The maximum atomic E-state index is 11.8. The molecule has 19 heavy (non-hydrogen) atoms. The van der Waals surface area contributed by atoms with E-state index in [9.17, 15) is 9.59 Å². The molecule has 0 aliphatic carbocycles. The van der Waals surface area contributed by atoms with Crippen molar-refractivity contribution in [3.63, 3.8) is 0 Å². The van der Waals surface area contributed by atoms with Crippen LogP contribution in [0.5, 0.6) is 0 Å². The number of carbonyl (C=O) groups excluding carboxylic acids is 2. The smallest absolute Gasteiger partial charge is 0.230 e. The largest absolute Gasteiger partial charge is 0.337 e. The standard InChI is InChI=1S/C15H14N2O2/c18-13-6-8-17(14(19)9-13)10-12-4-1-3-11-5-2-7-16-15(11)12/h1-5,7H,6,8-10H2. The summed E-state index contributed by atoms with van der Waals surface area (Å²) < 4.78 is 0. The highest BCUT2D eigenvalue weighted by molar-refractivity contribution is 6.00. The van der Waals surface area contributed by atoms with Crippen LogP contribution < -0.4 is 0 Å². The van der Waals surface area contributed by atoms with Crippen LogP contribution in [0.3, 0.4) is 0 Å². The number of pyridine rings is 1. The Bertz CT molecular complexity index is 646. The number of hydrogen-bond donors (Lipinski definition) is 0. The van der Waals surface area contributed by atoms with Crippen LogP contribution in [0.15, 0.2) is 36.5 Å². The van der Waals surface area contributed by atoms with Crippen molar-refractivity contribution in [2.45, 2.75) is 19.4 Å². The van der Waals surface area contributed by atoms with E-state index in [1.165, 1.54) is 0 Å². The van der Waals surface area contributed by atoms with Crippen LogP contribution in [-0.4, -0.2) is 28.1 Å². The van der Waals surface area contributed by atoms with Gasteiger partial charge in [0, 0.05) is 31.1 Å². The molecule has 2 aromatic rings. The molecule has 96 valence electrons. The predicted octanol–water partition coefficient (Wildman–Crippen LogP) is 1.93. The Labute approximate surface area is 111 Å². The zero-order chi connectivity index (χ0) is 13.2. The molecule has 1 aromatic heterocycles. The summed E-state index contributed by atoms with van der Waals surface area (Å²) in [6.45, 7) is 1.04. The second-order valence-electron chi connectivity index (χ2n) is 4.77. The molecule has 0 N–H and O–H groups in total. The molecule has 4 nitrogen and oxygen atoms in total. The Kier molecular flexibility index (Phi) is 2.99. The Morgan fingerprint density at radius 1 is 1.16 bits per heavy atom. The number of rotatable bonds is 2. The molecule has 2 heterocycles. The van der Waals surface area contributed by atoms with Crippen LogP contribution in [0.2, 0.25) is 0 Å². The van der Waals surface area contributed by atoms with Crippen molar-refractivity contribution in [2.75, 3.05) is 6.54 Å². The summed E-state index contributed by atoms with van der Waals surface area (Å²) in [4.78, 5) is 29.2. The third kappa shape index (κ3) is 2.34. The molecule has 0 spiro atoms. The highest BCUT2D eigenvalue weighted by Crippen LogP contribution is 2.19. The van der Waals surface area contributed by atoms with E-state index in [1.54, 1.807) is 11.1 Å². The summed E-state index contributed by atoms with van der Waals surface area (Å²) in [5.74, 6) is -0.0403. The number of piperidine rings is 1. The van der Waals surface area contributed by atoms with E-state index in [-0.39, 0.29) is 18.1 Å². The summed E-state index contributed by atoms with van der Waals surface area (Å²) in [6, 6.07) is 9.87. The Morgan fingerprint density at radius 3 is 2.84 bits per heavy atom. The molecule has 1 aromatic carbocycles. The molecule has 1 fully saturated rings. The number of benzene rings is 1. The number of carbonyl (C=O) groups is 2. The Balaban J connectivity index is 1.89. The van der Waals surface area contributed by atoms with Crippen molar-refractivity contribution >= 4 is 22.6 Å². The lowest BCUT2D eigenvalue weighted by Gasteiger charge is -2.26. The van der Waals surface area contributed by atoms with Crippen LogP contribution in [0.1, 0.15) is 18.4 Å². The molecule has 1 amide bonds. The molecule has 0 radical (unpaired) electrons. The van der Waals surface area contributed by atoms with Gasteiger partial charge in [0.2, 0.25) is 5.91 Å². The number of nitrogens with zero attached hydrogens (tertiary/aromatic N) is 2. The van der Waals surface area contributed by atoms with Crippen molar-refractivity contribution in [3.05, 3.63) is 42.1 Å². The molecule has 0 atom stereocenters.